The average molecular weight is 329 g/mol. The Bertz CT molecular complexity index is 702. The number of carboxylic acids is 1. The molecule has 1 aliphatic heterocycles. The van der Waals surface area contributed by atoms with Crippen LogP contribution in [0.4, 0.5) is 0 Å². The predicted octanol–water partition coefficient (Wildman–Crippen LogP) is 1.98. The van der Waals surface area contributed by atoms with E-state index in [0.717, 1.165) is 25.7 Å². The molecule has 0 radical (unpaired) electrons. The van der Waals surface area contributed by atoms with Gasteiger partial charge in [-0.15, -0.1) is 0 Å². The minimum Gasteiger partial charge on any atom is -0.479 e. The Labute approximate surface area is 141 Å². The van der Waals surface area contributed by atoms with Gasteiger partial charge in [0.1, 0.15) is 0 Å². The molecule has 1 aromatic rings. The number of aliphatic carboxylic acids is 1. The van der Waals surface area contributed by atoms with Gasteiger partial charge in [0.25, 0.3) is 0 Å². The van der Waals surface area contributed by atoms with Crippen molar-refractivity contribution in [3.63, 3.8) is 0 Å². The Hall–Kier alpha value is -1.88. The van der Waals surface area contributed by atoms with Crippen LogP contribution in [0.3, 0.4) is 0 Å². The van der Waals surface area contributed by atoms with Crippen molar-refractivity contribution in [2.24, 2.45) is 5.92 Å². The van der Waals surface area contributed by atoms with Gasteiger partial charge in [-0.05, 0) is 43.2 Å². The molecule has 5 nitrogen and oxygen atoms in total. The van der Waals surface area contributed by atoms with Crippen LogP contribution in [0.2, 0.25) is 0 Å². The Kier molecular flexibility index (Phi) is 3.46. The number of carbonyl (C=O) groups excluding carboxylic acids is 1. The molecule has 1 spiro atoms. The lowest BCUT2D eigenvalue weighted by atomic mass is 9.93. The molecule has 0 bridgehead atoms. The summed E-state index contributed by atoms with van der Waals surface area (Å²) in [6.07, 6.45) is 4.06. The molecule has 3 unspecified atom stereocenters. The highest BCUT2D eigenvalue weighted by molar-refractivity contribution is 5.92. The fourth-order valence-corrected chi connectivity index (χ4v) is 4.98. The number of benzene rings is 1. The lowest BCUT2D eigenvalue weighted by Crippen LogP contribution is -2.56. The highest BCUT2D eigenvalue weighted by atomic mass is 16.5. The second kappa shape index (κ2) is 5.31. The van der Waals surface area contributed by atoms with E-state index < -0.39 is 11.5 Å². The van der Waals surface area contributed by atoms with Crippen LogP contribution in [0.1, 0.15) is 36.8 Å². The summed E-state index contributed by atoms with van der Waals surface area (Å²) in [5.41, 5.74) is 1.41. The maximum Gasteiger partial charge on any atom is 0.332 e. The van der Waals surface area contributed by atoms with Gasteiger partial charge in [0.15, 0.2) is 5.54 Å². The van der Waals surface area contributed by atoms with Crippen LogP contribution >= 0.6 is 0 Å². The summed E-state index contributed by atoms with van der Waals surface area (Å²) in [6.45, 7) is 0.576. The molecule has 3 aliphatic rings. The smallest absolute Gasteiger partial charge is 0.332 e. The van der Waals surface area contributed by atoms with Crippen molar-refractivity contribution < 1.29 is 19.4 Å². The van der Waals surface area contributed by atoms with Crippen LogP contribution in [0, 0.1) is 5.92 Å². The van der Waals surface area contributed by atoms with Crippen LogP contribution in [0.25, 0.3) is 0 Å². The van der Waals surface area contributed by atoms with Crippen molar-refractivity contribution in [1.29, 1.82) is 0 Å². The van der Waals surface area contributed by atoms with Crippen LogP contribution in [0.15, 0.2) is 24.3 Å². The first-order chi connectivity index (χ1) is 11.5. The normalized spacial score (nSPS) is 33.7. The number of methoxy groups -OCH3 is 1. The Morgan fingerprint density at radius 3 is 2.88 bits per heavy atom. The van der Waals surface area contributed by atoms with E-state index in [1.165, 1.54) is 18.2 Å². The molecule has 5 heteroatoms. The number of likely N-dealkylation sites (tertiary alicyclic amines) is 1. The molecule has 128 valence electrons. The minimum atomic E-state index is -1.19. The van der Waals surface area contributed by atoms with Gasteiger partial charge in [-0.25, -0.2) is 4.79 Å². The molecule has 1 aromatic carbocycles. The monoisotopic (exact) mass is 329 g/mol. The topological polar surface area (TPSA) is 66.8 Å². The van der Waals surface area contributed by atoms with Gasteiger partial charge < -0.3 is 14.7 Å². The van der Waals surface area contributed by atoms with Crippen molar-refractivity contribution >= 4 is 11.9 Å². The number of hydrogen-bond donors (Lipinski definition) is 1. The van der Waals surface area contributed by atoms with Crippen LogP contribution in [-0.4, -0.2) is 47.7 Å². The summed E-state index contributed by atoms with van der Waals surface area (Å²) in [7, 11) is 1.50. The van der Waals surface area contributed by atoms with E-state index in [4.69, 9.17) is 4.74 Å². The summed E-state index contributed by atoms with van der Waals surface area (Å²) < 4.78 is 5.17. The number of amides is 1. The third kappa shape index (κ3) is 1.97. The third-order valence-corrected chi connectivity index (χ3v) is 6.30. The lowest BCUT2D eigenvalue weighted by Gasteiger charge is -2.34. The second-order valence-electron chi connectivity index (χ2n) is 7.43. The number of aryl methyl sites for hydroxylation is 1. The standard InChI is InChI=1S/C19H23NO4/c1-24-12-19(17(22)23)8-4-10-20(19)16(21)15-11-18(15)9-7-13-5-2-3-6-14(13)18/h2-3,5-6,15H,4,7-12H2,1H3,(H,22,23). The molecule has 1 saturated heterocycles. The van der Waals surface area contributed by atoms with Gasteiger partial charge in [-0.3, -0.25) is 4.79 Å². The fourth-order valence-electron chi connectivity index (χ4n) is 4.98. The zero-order valence-electron chi connectivity index (χ0n) is 14.0. The average Bonchev–Trinajstić information content (AvgIpc) is 2.95. The van der Waals surface area contributed by atoms with E-state index >= 15 is 0 Å². The highest BCUT2D eigenvalue weighted by Gasteiger charge is 2.64. The summed E-state index contributed by atoms with van der Waals surface area (Å²) >= 11 is 0. The summed E-state index contributed by atoms with van der Waals surface area (Å²) in [5.74, 6) is -1.02. The van der Waals surface area contributed by atoms with Gasteiger partial charge in [0.05, 0.1) is 6.61 Å². The molecule has 2 aliphatic carbocycles. The zero-order valence-corrected chi connectivity index (χ0v) is 14.0. The van der Waals surface area contributed by atoms with Gasteiger partial charge in [-0.1, -0.05) is 24.3 Å². The summed E-state index contributed by atoms with van der Waals surface area (Å²) in [4.78, 5) is 26.7. The summed E-state index contributed by atoms with van der Waals surface area (Å²) in [5, 5.41) is 9.76. The molecule has 1 saturated carbocycles. The Morgan fingerprint density at radius 1 is 1.33 bits per heavy atom. The van der Waals surface area contributed by atoms with Crippen molar-refractivity contribution in [3.05, 3.63) is 35.4 Å². The van der Waals surface area contributed by atoms with E-state index in [-0.39, 0.29) is 23.8 Å². The van der Waals surface area contributed by atoms with Crippen molar-refractivity contribution in [2.45, 2.75) is 43.1 Å². The highest BCUT2D eigenvalue weighted by Crippen LogP contribution is 2.62. The maximum atomic E-state index is 13.2. The number of ether oxygens (including phenoxy) is 1. The molecule has 4 rings (SSSR count). The fraction of sp³-hybridized carbons (Fsp3) is 0.579. The Balaban J connectivity index is 1.61. The van der Waals surface area contributed by atoms with E-state index in [1.54, 1.807) is 4.90 Å². The molecule has 24 heavy (non-hydrogen) atoms. The maximum absolute atomic E-state index is 13.2. The number of nitrogens with zero attached hydrogens (tertiary/aromatic N) is 1. The number of carboxylic acid groups (broad SMARTS) is 1. The van der Waals surface area contributed by atoms with E-state index in [0.29, 0.717) is 13.0 Å². The first-order valence-corrected chi connectivity index (χ1v) is 8.67. The van der Waals surface area contributed by atoms with Gasteiger partial charge >= 0.3 is 5.97 Å². The Morgan fingerprint density at radius 2 is 2.12 bits per heavy atom. The number of rotatable bonds is 4. The number of carbonyl (C=O) groups is 2. The quantitative estimate of drug-likeness (QED) is 0.917. The first kappa shape index (κ1) is 15.6. The van der Waals surface area contributed by atoms with Gasteiger partial charge in [0.2, 0.25) is 5.91 Å². The van der Waals surface area contributed by atoms with Crippen LogP contribution in [0.5, 0.6) is 0 Å². The van der Waals surface area contributed by atoms with E-state index in [2.05, 4.69) is 12.1 Å². The van der Waals surface area contributed by atoms with Gasteiger partial charge in [0, 0.05) is 25.0 Å². The summed E-state index contributed by atoms with van der Waals surface area (Å²) in [6, 6.07) is 8.37. The van der Waals surface area contributed by atoms with Crippen molar-refractivity contribution in [1.82, 2.24) is 4.90 Å². The molecule has 1 N–H and O–H groups in total. The van der Waals surface area contributed by atoms with E-state index in [1.807, 2.05) is 12.1 Å². The minimum absolute atomic E-state index is 0.00338. The van der Waals surface area contributed by atoms with Crippen molar-refractivity contribution in [2.75, 3.05) is 20.3 Å². The SMILES string of the molecule is COCC1(C(=O)O)CCCN1C(=O)C1CC12CCc1ccccc12. The molecular weight excluding hydrogens is 306 g/mol. The molecule has 3 atom stereocenters. The third-order valence-electron chi connectivity index (χ3n) is 6.30. The number of fused-ring (bicyclic) bond motifs is 2. The van der Waals surface area contributed by atoms with Crippen LogP contribution < -0.4 is 0 Å². The predicted molar refractivity (Wildman–Crippen MR) is 87.7 cm³/mol. The molecule has 0 aromatic heterocycles. The van der Waals surface area contributed by atoms with Crippen LogP contribution in [-0.2, 0) is 26.2 Å². The molecule has 2 fully saturated rings. The first-order valence-electron chi connectivity index (χ1n) is 8.67. The van der Waals surface area contributed by atoms with Crippen molar-refractivity contribution in [3.8, 4) is 0 Å². The molecule has 1 heterocycles. The molecular formula is C19H23NO4. The lowest BCUT2D eigenvalue weighted by molar-refractivity contribution is -0.160. The largest absolute Gasteiger partial charge is 0.479 e. The molecule has 1 amide bonds. The van der Waals surface area contributed by atoms with Gasteiger partial charge in [-0.2, -0.15) is 0 Å². The second-order valence-corrected chi connectivity index (χ2v) is 7.43. The van der Waals surface area contributed by atoms with E-state index in [9.17, 15) is 14.7 Å². The number of hydrogen-bond acceptors (Lipinski definition) is 3. The zero-order chi connectivity index (χ0) is 16.9.